The zero-order chi connectivity index (χ0) is 20.9. The van der Waals surface area contributed by atoms with Crippen molar-refractivity contribution in [2.24, 2.45) is 5.92 Å². The molecule has 1 aliphatic rings. The summed E-state index contributed by atoms with van der Waals surface area (Å²) in [7, 11) is -3.64. The Labute approximate surface area is 167 Å². The summed E-state index contributed by atoms with van der Waals surface area (Å²) in [6.07, 6.45) is 2.67. The minimum atomic E-state index is -3.64. The van der Waals surface area contributed by atoms with Crippen LogP contribution in [0.25, 0.3) is 0 Å². The molecular weight excluding hydrogens is 380 g/mol. The number of rotatable bonds is 8. The predicted molar refractivity (Wildman–Crippen MR) is 107 cm³/mol. The minimum absolute atomic E-state index is 0.125. The molecule has 7 nitrogen and oxygen atoms in total. The van der Waals surface area contributed by atoms with Gasteiger partial charge in [-0.15, -0.1) is 0 Å². The largest absolute Gasteiger partial charge is 0.452 e. The van der Waals surface area contributed by atoms with E-state index in [2.05, 4.69) is 5.32 Å². The predicted octanol–water partition coefficient (Wildman–Crippen LogP) is 3.09. The number of nitrogens with zero attached hydrogens (tertiary/aromatic N) is 1. The number of esters is 1. The molecule has 0 heterocycles. The van der Waals surface area contributed by atoms with Crippen LogP contribution in [-0.2, 0) is 24.3 Å². The van der Waals surface area contributed by atoms with Crippen molar-refractivity contribution in [2.75, 3.05) is 18.4 Å². The molecule has 1 aromatic carbocycles. The summed E-state index contributed by atoms with van der Waals surface area (Å²) < 4.78 is 32.3. The second-order valence-corrected chi connectivity index (χ2v) is 9.03. The highest BCUT2D eigenvalue weighted by Gasteiger charge is 2.28. The second kappa shape index (κ2) is 9.52. The number of aryl methyl sites for hydroxylation is 1. The molecule has 0 saturated heterocycles. The average Bonchev–Trinajstić information content (AvgIpc) is 3.18. The lowest BCUT2D eigenvalue weighted by Crippen LogP contribution is -2.32. The molecule has 1 saturated carbocycles. The Balaban J connectivity index is 2.11. The van der Waals surface area contributed by atoms with E-state index >= 15 is 0 Å². The Morgan fingerprint density at radius 2 is 1.82 bits per heavy atom. The van der Waals surface area contributed by atoms with Crippen LogP contribution in [0.1, 0.15) is 52.0 Å². The first-order valence-electron chi connectivity index (χ1n) is 9.82. The summed E-state index contributed by atoms with van der Waals surface area (Å²) in [5.74, 6) is -0.948. The molecule has 28 heavy (non-hydrogen) atoms. The van der Waals surface area contributed by atoms with Crippen LogP contribution in [0.5, 0.6) is 0 Å². The molecule has 156 valence electrons. The molecule has 0 spiro atoms. The number of sulfonamides is 1. The van der Waals surface area contributed by atoms with Crippen LogP contribution in [0, 0.1) is 12.8 Å². The van der Waals surface area contributed by atoms with Crippen molar-refractivity contribution in [1.29, 1.82) is 0 Å². The van der Waals surface area contributed by atoms with Gasteiger partial charge in [0.05, 0.1) is 10.8 Å². The normalized spacial score (nSPS) is 16.2. The van der Waals surface area contributed by atoms with E-state index in [0.29, 0.717) is 24.3 Å². The average molecular weight is 411 g/mol. The van der Waals surface area contributed by atoms with Crippen molar-refractivity contribution in [2.45, 2.75) is 64.4 Å². The van der Waals surface area contributed by atoms with Crippen LogP contribution in [0.4, 0.5) is 5.69 Å². The van der Waals surface area contributed by atoms with Gasteiger partial charge in [0.25, 0.3) is 5.91 Å². The van der Waals surface area contributed by atoms with Gasteiger partial charge in [-0.3, -0.25) is 9.59 Å². The number of hydrogen-bond donors (Lipinski definition) is 1. The second-order valence-electron chi connectivity index (χ2n) is 7.12. The summed E-state index contributed by atoms with van der Waals surface area (Å²) in [4.78, 5) is 24.7. The molecule has 1 N–H and O–H groups in total. The van der Waals surface area contributed by atoms with Crippen molar-refractivity contribution < 1.29 is 22.7 Å². The Hall–Kier alpha value is -1.93. The molecular formula is C20H30N2O5S. The summed E-state index contributed by atoms with van der Waals surface area (Å²) in [6, 6.07) is 4.74. The minimum Gasteiger partial charge on any atom is -0.452 e. The highest BCUT2D eigenvalue weighted by atomic mass is 32.2. The zero-order valence-electron chi connectivity index (χ0n) is 17.0. The molecule has 0 aromatic heterocycles. The monoisotopic (exact) mass is 410 g/mol. The maximum Gasteiger partial charge on any atom is 0.309 e. The van der Waals surface area contributed by atoms with Gasteiger partial charge in [-0.1, -0.05) is 32.8 Å². The Morgan fingerprint density at radius 3 is 2.39 bits per heavy atom. The maximum absolute atomic E-state index is 12.8. The van der Waals surface area contributed by atoms with E-state index in [1.807, 2.05) is 0 Å². The molecule has 1 fully saturated rings. The number of anilines is 1. The van der Waals surface area contributed by atoms with Crippen LogP contribution >= 0.6 is 0 Å². The van der Waals surface area contributed by atoms with E-state index in [0.717, 1.165) is 25.7 Å². The number of amides is 1. The number of carbonyl (C=O) groups excluding carboxylic acids is 2. The van der Waals surface area contributed by atoms with E-state index in [9.17, 15) is 18.0 Å². The maximum atomic E-state index is 12.8. The first-order chi connectivity index (χ1) is 13.2. The van der Waals surface area contributed by atoms with E-state index in [-0.39, 0.29) is 16.8 Å². The smallest absolute Gasteiger partial charge is 0.309 e. The zero-order valence-corrected chi connectivity index (χ0v) is 17.8. The van der Waals surface area contributed by atoms with Crippen LogP contribution in [0.3, 0.4) is 0 Å². The van der Waals surface area contributed by atoms with Crippen LogP contribution in [0.2, 0.25) is 0 Å². The highest BCUT2D eigenvalue weighted by Crippen LogP contribution is 2.27. The highest BCUT2D eigenvalue weighted by molar-refractivity contribution is 7.89. The third-order valence-electron chi connectivity index (χ3n) is 5.13. The van der Waals surface area contributed by atoms with E-state index in [4.69, 9.17) is 4.74 Å². The lowest BCUT2D eigenvalue weighted by molar-refractivity contribution is -0.157. The number of hydrogen-bond acceptors (Lipinski definition) is 5. The molecule has 0 radical (unpaired) electrons. The van der Waals surface area contributed by atoms with Gasteiger partial charge in [-0.2, -0.15) is 4.31 Å². The molecule has 0 bridgehead atoms. The molecule has 1 atom stereocenters. The third-order valence-corrected chi connectivity index (χ3v) is 7.32. The van der Waals surface area contributed by atoms with Crippen LogP contribution in [0.15, 0.2) is 23.1 Å². The van der Waals surface area contributed by atoms with Gasteiger partial charge in [-0.05, 0) is 44.4 Å². The summed E-state index contributed by atoms with van der Waals surface area (Å²) in [5, 5.41) is 2.65. The topological polar surface area (TPSA) is 92.8 Å². The lowest BCUT2D eigenvalue weighted by Gasteiger charge is -2.21. The van der Waals surface area contributed by atoms with Gasteiger partial charge >= 0.3 is 5.97 Å². The van der Waals surface area contributed by atoms with Gasteiger partial charge in [0.2, 0.25) is 10.0 Å². The van der Waals surface area contributed by atoms with Crippen molar-refractivity contribution in [3.05, 3.63) is 23.8 Å². The van der Waals surface area contributed by atoms with Crippen LogP contribution in [-0.4, -0.2) is 43.8 Å². The quantitative estimate of drug-likeness (QED) is 0.665. The van der Waals surface area contributed by atoms with E-state index < -0.39 is 22.0 Å². The van der Waals surface area contributed by atoms with Gasteiger partial charge in [0.15, 0.2) is 6.10 Å². The standard InChI is InChI=1S/C20H30N2O5S/c1-5-22(6-2)28(25,26)18-13-17(12-11-14(18)3)21-19(23)15(4)27-20(24)16-9-7-8-10-16/h11-13,15-16H,5-10H2,1-4H3,(H,21,23). The molecule has 8 heteroatoms. The van der Waals surface area contributed by atoms with Gasteiger partial charge < -0.3 is 10.1 Å². The molecule has 1 aromatic rings. The fourth-order valence-electron chi connectivity index (χ4n) is 3.39. The fraction of sp³-hybridized carbons (Fsp3) is 0.600. The molecule has 1 unspecified atom stereocenters. The van der Waals surface area contributed by atoms with Crippen LogP contribution < -0.4 is 5.32 Å². The van der Waals surface area contributed by atoms with Gasteiger partial charge in [0.1, 0.15) is 0 Å². The first-order valence-corrected chi connectivity index (χ1v) is 11.3. The fourth-order valence-corrected chi connectivity index (χ4v) is 5.10. The molecule has 1 aliphatic carbocycles. The van der Waals surface area contributed by atoms with E-state index in [1.165, 1.54) is 17.3 Å². The SMILES string of the molecule is CCN(CC)S(=O)(=O)c1cc(NC(=O)C(C)OC(=O)C2CCCC2)ccc1C. The molecule has 0 aliphatic heterocycles. The number of ether oxygens (including phenoxy) is 1. The van der Waals surface area contributed by atoms with E-state index in [1.54, 1.807) is 32.9 Å². The molecule has 1 amide bonds. The third kappa shape index (κ3) is 5.11. The summed E-state index contributed by atoms with van der Waals surface area (Å²) in [6.45, 7) is 7.52. The van der Waals surface area contributed by atoms with Crippen molar-refractivity contribution in [3.63, 3.8) is 0 Å². The summed E-state index contributed by atoms with van der Waals surface area (Å²) >= 11 is 0. The van der Waals surface area contributed by atoms with Gasteiger partial charge in [0, 0.05) is 18.8 Å². The lowest BCUT2D eigenvalue weighted by atomic mass is 10.1. The number of benzene rings is 1. The Kier molecular flexibility index (Phi) is 7.60. The van der Waals surface area contributed by atoms with Crippen molar-refractivity contribution in [3.8, 4) is 0 Å². The number of nitrogens with one attached hydrogen (secondary N) is 1. The summed E-state index contributed by atoms with van der Waals surface area (Å²) in [5.41, 5.74) is 0.954. The Morgan fingerprint density at radius 1 is 1.21 bits per heavy atom. The number of carbonyl (C=O) groups is 2. The first kappa shape index (κ1) is 22.4. The van der Waals surface area contributed by atoms with Gasteiger partial charge in [-0.25, -0.2) is 8.42 Å². The Bertz CT molecular complexity index is 812. The van der Waals surface area contributed by atoms with Crippen molar-refractivity contribution in [1.82, 2.24) is 4.31 Å². The van der Waals surface area contributed by atoms with Crippen molar-refractivity contribution >= 4 is 27.6 Å². The molecule has 2 rings (SSSR count).